The molecule has 0 aromatic heterocycles. The van der Waals surface area contributed by atoms with Gasteiger partial charge in [-0.2, -0.15) is 0 Å². The van der Waals surface area contributed by atoms with E-state index in [0.717, 1.165) is 6.42 Å². The summed E-state index contributed by atoms with van der Waals surface area (Å²) in [6, 6.07) is 19.0. The molecule has 1 heterocycles. The Balaban J connectivity index is 0. The van der Waals surface area contributed by atoms with Gasteiger partial charge in [-0.05, 0) is 35.5 Å². The summed E-state index contributed by atoms with van der Waals surface area (Å²) >= 11 is 0. The van der Waals surface area contributed by atoms with Crippen LogP contribution in [0.4, 0.5) is 0 Å². The van der Waals surface area contributed by atoms with Gasteiger partial charge < -0.3 is 4.43 Å². The number of fused-ring (bicyclic) bond motifs is 1. The van der Waals surface area contributed by atoms with Crippen molar-refractivity contribution in [2.24, 2.45) is 0 Å². The molecule has 6 heteroatoms. The van der Waals surface area contributed by atoms with Gasteiger partial charge in [-0.1, -0.05) is 66.7 Å². The molecule has 0 bridgehead atoms. The largest absolute Gasteiger partial charge is 0 e. The summed E-state index contributed by atoms with van der Waals surface area (Å²) in [5, 5.41) is 1.40. The zero-order chi connectivity index (χ0) is 21.6. The van der Waals surface area contributed by atoms with Gasteiger partial charge in [0.25, 0.3) is 0 Å². The summed E-state index contributed by atoms with van der Waals surface area (Å²) in [5.41, 5.74) is 2.13. The Morgan fingerprint density at radius 3 is 2.00 bits per heavy atom. The first-order valence-electron chi connectivity index (χ1n) is 8.34. The maximum Gasteiger partial charge on any atom is 0 e. The Morgan fingerprint density at radius 1 is 0.931 bits per heavy atom. The van der Waals surface area contributed by atoms with E-state index >= 15 is 0 Å². The minimum atomic E-state index is -1.87. The quantitative estimate of drug-likeness (QED) is 0.298. The second kappa shape index (κ2) is 14.8. The van der Waals surface area contributed by atoms with Crippen LogP contribution < -0.4 is 5.19 Å². The van der Waals surface area contributed by atoms with Crippen molar-refractivity contribution in [2.75, 3.05) is 0 Å². The average molecular weight is 443 g/mol. The minimum Gasteiger partial charge on any atom is 0 e. The first kappa shape index (κ1) is 29.1. The molecule has 1 unspecified atom stereocenters. The molecule has 3 rings (SSSR count). The van der Waals surface area contributed by atoms with Crippen molar-refractivity contribution in [3.8, 4) is 0 Å². The smallest absolute Gasteiger partial charge is 0 e. The third kappa shape index (κ3) is 7.31. The van der Waals surface area contributed by atoms with Crippen LogP contribution in [0, 0.1) is 20.0 Å². The molecule has 0 saturated carbocycles. The van der Waals surface area contributed by atoms with Crippen LogP contribution in [0.3, 0.4) is 0 Å². The molecule has 0 N–H and O–H groups in total. The van der Waals surface area contributed by atoms with Crippen molar-refractivity contribution in [3.05, 3.63) is 104 Å². The third-order valence-corrected chi connectivity index (χ3v) is 6.87. The van der Waals surface area contributed by atoms with Crippen molar-refractivity contribution >= 4 is 19.6 Å². The van der Waals surface area contributed by atoms with Crippen molar-refractivity contribution in [3.63, 3.8) is 0 Å². The normalized spacial score (nSPS) is 17.4. The van der Waals surface area contributed by atoms with Crippen LogP contribution in [0.25, 0.3) is 6.08 Å². The topological polar surface area (TPSA) is 68.9 Å². The number of hydrogen-bond donors (Lipinski definition) is 0. The van der Waals surface area contributed by atoms with Crippen LogP contribution in [0.1, 0.15) is 17.5 Å². The van der Waals surface area contributed by atoms with Crippen LogP contribution in [0.5, 0.6) is 0 Å². The summed E-state index contributed by atoms with van der Waals surface area (Å²) in [6.45, 7) is 22.0. The maximum atomic E-state index is 7.50. The summed E-state index contributed by atoms with van der Waals surface area (Å²) in [4.78, 5) is 0. The second-order valence-corrected chi connectivity index (χ2v) is 10.0. The molecule has 4 nitrogen and oxygen atoms in total. The van der Waals surface area contributed by atoms with E-state index in [-0.39, 0.29) is 23.0 Å². The predicted octanol–water partition coefficient (Wildman–Crippen LogP) is 4.50. The molecule has 1 aliphatic rings. The van der Waals surface area contributed by atoms with Crippen LogP contribution in [-0.2, 0) is 41.3 Å². The monoisotopic (exact) mass is 442 g/mol. The molecule has 0 saturated heterocycles. The minimum absolute atomic E-state index is 0. The Morgan fingerprint density at radius 2 is 1.45 bits per heavy atom. The van der Waals surface area contributed by atoms with E-state index in [2.05, 4.69) is 100 Å². The van der Waals surface area contributed by atoms with Crippen molar-refractivity contribution in [1.82, 2.24) is 0 Å². The zero-order valence-corrected chi connectivity index (χ0v) is 18.7. The molecular weight excluding hydrogens is 420 g/mol. The number of rotatable bonds is 4. The van der Waals surface area contributed by atoms with E-state index in [4.69, 9.17) is 18.4 Å². The van der Waals surface area contributed by atoms with Gasteiger partial charge >= 0.3 is 33.9 Å². The summed E-state index contributed by atoms with van der Waals surface area (Å²) in [7, 11) is -1.87. The Kier molecular flexibility index (Phi) is 14.8. The molecule has 2 aromatic carbocycles. The van der Waals surface area contributed by atoms with Crippen LogP contribution in [0.2, 0.25) is 13.1 Å². The van der Waals surface area contributed by atoms with Gasteiger partial charge in [0.2, 0.25) is 8.32 Å². The van der Waals surface area contributed by atoms with Crippen LogP contribution in [0.15, 0.2) is 73.3 Å². The number of hydrogen-bond acceptors (Lipinski definition) is 1. The van der Waals surface area contributed by atoms with Crippen molar-refractivity contribution in [1.29, 1.82) is 0 Å². The van der Waals surface area contributed by atoms with Gasteiger partial charge in [0.1, 0.15) is 5.60 Å². The molecule has 148 valence electrons. The van der Waals surface area contributed by atoms with E-state index in [0.29, 0.717) is 0 Å². The molecule has 2 aromatic rings. The van der Waals surface area contributed by atoms with Gasteiger partial charge in [0.15, 0.2) is 0 Å². The van der Waals surface area contributed by atoms with Gasteiger partial charge in [0.05, 0.1) is 0 Å². The third-order valence-electron chi connectivity index (χ3n) is 4.26. The maximum absolute atomic E-state index is 7.50. The predicted molar refractivity (Wildman–Crippen MR) is 108 cm³/mol. The summed E-state index contributed by atoms with van der Waals surface area (Å²) in [5.74, 6) is 0. The fourth-order valence-electron chi connectivity index (χ4n) is 3.30. The van der Waals surface area contributed by atoms with E-state index < -0.39 is 8.32 Å². The van der Waals surface area contributed by atoms with E-state index in [1.807, 2.05) is 12.1 Å². The molecule has 0 aliphatic carbocycles. The first-order chi connectivity index (χ1) is 13.6. The summed E-state index contributed by atoms with van der Waals surface area (Å²) in [6.07, 6.45) is 7.13. The standard InChI is InChI=1S/C20H22OSi.3CO.Cr/c1-4-15-20(16-14-17-10-6-5-7-11-17)18-12-8-9-13-19(18)22(2,3)21-20;3*1-2;/h4-14,16H,1,15H2,2-3H3;;;;/b16-14+;;;;. The number of benzene rings is 2. The van der Waals surface area contributed by atoms with Gasteiger partial charge in [-0.3, -0.25) is 0 Å². The molecular formula is C23H22CrO4Si. The first-order valence-corrected chi connectivity index (χ1v) is 11.2. The SMILES string of the molecule is C=CCC1(/C=C/c2ccccc2)O[Si](C)(C)c2ccccc21.[C-]#[O+].[C-]#[O+].[C-]#[O+].[Cr]. The molecule has 0 fully saturated rings. The Labute approximate surface area is 184 Å². The van der Waals surface area contributed by atoms with Gasteiger partial charge in [-0.15, -0.1) is 6.58 Å². The van der Waals surface area contributed by atoms with E-state index in [1.54, 1.807) is 0 Å². The van der Waals surface area contributed by atoms with Crippen LogP contribution >= 0.6 is 0 Å². The fourth-order valence-corrected chi connectivity index (χ4v) is 6.02. The molecule has 1 aliphatic heterocycles. The van der Waals surface area contributed by atoms with Crippen LogP contribution in [-0.4, -0.2) is 8.32 Å². The van der Waals surface area contributed by atoms with Gasteiger partial charge in [0, 0.05) is 23.8 Å². The van der Waals surface area contributed by atoms with Crippen molar-refractivity contribution < 1.29 is 35.7 Å². The molecule has 0 amide bonds. The molecule has 1 atom stereocenters. The average Bonchev–Trinajstić information content (AvgIpc) is 2.99. The molecule has 0 spiro atoms. The summed E-state index contributed by atoms with van der Waals surface area (Å²) < 4.78 is 29.1. The molecule has 29 heavy (non-hydrogen) atoms. The fraction of sp³-hybridized carbons (Fsp3) is 0.174. The Hall–Kier alpha value is -2.15. The Bertz CT molecular complexity index is 826. The molecule has 0 radical (unpaired) electrons. The van der Waals surface area contributed by atoms with E-state index in [1.165, 1.54) is 16.3 Å². The zero-order valence-electron chi connectivity index (χ0n) is 16.4. The van der Waals surface area contributed by atoms with E-state index in [9.17, 15) is 0 Å². The second-order valence-electron chi connectivity index (χ2n) is 6.28. The van der Waals surface area contributed by atoms with Crippen molar-refractivity contribution in [2.45, 2.75) is 25.1 Å². The van der Waals surface area contributed by atoms with Gasteiger partial charge in [-0.25, -0.2) is 0 Å².